The minimum atomic E-state index is -1.66. The first kappa shape index (κ1) is 25.3. The van der Waals surface area contributed by atoms with Crippen molar-refractivity contribution in [2.45, 2.75) is 19.4 Å². The number of benzene rings is 3. The Balaban J connectivity index is 1.94. The van der Waals surface area contributed by atoms with Gasteiger partial charge in [-0.25, -0.2) is 0 Å². The summed E-state index contributed by atoms with van der Waals surface area (Å²) in [5.74, 6) is 0.457. The van der Waals surface area contributed by atoms with Crippen LogP contribution in [0, 0.1) is 5.41 Å². The summed E-state index contributed by atoms with van der Waals surface area (Å²) in [5, 5.41) is 0.0144. The van der Waals surface area contributed by atoms with Crippen LogP contribution in [-0.2, 0) is 24.2 Å². The quantitative estimate of drug-likeness (QED) is 0.174. The van der Waals surface area contributed by atoms with Crippen molar-refractivity contribution in [2.75, 3.05) is 25.6 Å². The highest BCUT2D eigenvalue weighted by atomic mass is 32.2. The molecule has 0 saturated heterocycles. The Hall–Kier alpha value is -2.30. The number of carbonyl (C=O) groups is 1. The molecule has 3 aromatic rings. The standard InChI is InChI=1S/C27H30O4PS/c1-26(2,25(28)33-20-19-31-32(3)29)21-30-27(22-13-7-4-8-14-22,23-15-9-5-10-16-23)24-17-11-6-12-18-24/h4-18H,19-21H2,1-3H3/q+1. The fourth-order valence-corrected chi connectivity index (χ4v) is 4.89. The summed E-state index contributed by atoms with van der Waals surface area (Å²) in [4.78, 5) is 13.0. The molecule has 0 radical (unpaired) electrons. The van der Waals surface area contributed by atoms with Gasteiger partial charge in [0.25, 0.3) is 0 Å². The second-order valence-electron chi connectivity index (χ2n) is 8.36. The largest absolute Gasteiger partial charge is 0.504 e. The highest BCUT2D eigenvalue weighted by Gasteiger charge is 2.40. The summed E-state index contributed by atoms with van der Waals surface area (Å²) < 4.78 is 23.0. The highest BCUT2D eigenvalue weighted by molar-refractivity contribution is 8.13. The van der Waals surface area contributed by atoms with E-state index in [-0.39, 0.29) is 18.3 Å². The maximum atomic E-state index is 13.0. The molecule has 33 heavy (non-hydrogen) atoms. The molecule has 0 N–H and O–H groups in total. The number of thioether (sulfide) groups is 1. The van der Waals surface area contributed by atoms with Crippen LogP contribution in [0.2, 0.25) is 0 Å². The smallest absolute Gasteiger partial charge is 0.360 e. The number of hydrogen-bond acceptors (Lipinski definition) is 5. The maximum Gasteiger partial charge on any atom is 0.504 e. The molecule has 0 spiro atoms. The molecule has 0 aliphatic carbocycles. The molecule has 0 aliphatic heterocycles. The van der Waals surface area contributed by atoms with Crippen molar-refractivity contribution in [1.82, 2.24) is 0 Å². The van der Waals surface area contributed by atoms with E-state index in [4.69, 9.17) is 9.26 Å². The molecular weight excluding hydrogens is 451 g/mol. The van der Waals surface area contributed by atoms with Crippen molar-refractivity contribution < 1.29 is 18.6 Å². The van der Waals surface area contributed by atoms with Crippen molar-refractivity contribution in [3.8, 4) is 0 Å². The molecule has 4 nitrogen and oxygen atoms in total. The van der Waals surface area contributed by atoms with Gasteiger partial charge in [-0.1, -0.05) is 103 Å². The van der Waals surface area contributed by atoms with Gasteiger partial charge in [-0.3, -0.25) is 4.79 Å². The van der Waals surface area contributed by atoms with E-state index in [0.717, 1.165) is 16.7 Å². The Morgan fingerprint density at radius 1 is 0.818 bits per heavy atom. The van der Waals surface area contributed by atoms with E-state index in [0.29, 0.717) is 5.75 Å². The van der Waals surface area contributed by atoms with Crippen LogP contribution in [0.4, 0.5) is 0 Å². The van der Waals surface area contributed by atoms with Crippen LogP contribution in [0.25, 0.3) is 0 Å². The van der Waals surface area contributed by atoms with Gasteiger partial charge in [0, 0.05) is 5.75 Å². The molecule has 0 aromatic heterocycles. The monoisotopic (exact) mass is 481 g/mol. The van der Waals surface area contributed by atoms with Gasteiger partial charge in [-0.15, -0.1) is 4.52 Å². The summed E-state index contributed by atoms with van der Waals surface area (Å²) in [6.45, 7) is 5.81. The third-order valence-corrected chi connectivity index (χ3v) is 7.06. The van der Waals surface area contributed by atoms with Gasteiger partial charge in [-0.2, -0.15) is 0 Å². The molecule has 6 heteroatoms. The first-order valence-corrected chi connectivity index (χ1v) is 13.5. The molecule has 0 bridgehead atoms. The number of hydrogen-bond donors (Lipinski definition) is 0. The van der Waals surface area contributed by atoms with Crippen molar-refractivity contribution in [3.05, 3.63) is 108 Å². The Bertz CT molecular complexity index is 943. The van der Waals surface area contributed by atoms with Crippen LogP contribution in [-0.4, -0.2) is 30.7 Å². The Morgan fingerprint density at radius 2 is 1.24 bits per heavy atom. The average Bonchev–Trinajstić information content (AvgIpc) is 2.84. The lowest BCUT2D eigenvalue weighted by Crippen LogP contribution is -2.38. The SMILES string of the molecule is C[P+](=O)OCCSC(=O)C(C)(C)COC(c1ccccc1)(c1ccccc1)c1ccccc1. The number of rotatable bonds is 11. The van der Waals surface area contributed by atoms with Crippen LogP contribution in [0.1, 0.15) is 30.5 Å². The summed E-state index contributed by atoms with van der Waals surface area (Å²) >= 11 is 1.19. The van der Waals surface area contributed by atoms with E-state index in [1.165, 1.54) is 18.4 Å². The molecule has 0 fully saturated rings. The summed E-state index contributed by atoms with van der Waals surface area (Å²) in [5.41, 5.74) is 1.40. The van der Waals surface area contributed by atoms with E-state index in [2.05, 4.69) is 36.4 Å². The normalized spacial score (nSPS) is 12.4. The number of ether oxygens (including phenoxy) is 1. The lowest BCUT2D eigenvalue weighted by atomic mass is 9.79. The molecule has 1 unspecified atom stereocenters. The van der Waals surface area contributed by atoms with Crippen LogP contribution < -0.4 is 0 Å². The second kappa shape index (κ2) is 11.7. The van der Waals surface area contributed by atoms with Gasteiger partial charge in [0.05, 0.1) is 12.0 Å². The van der Waals surface area contributed by atoms with Crippen LogP contribution in [0.15, 0.2) is 91.0 Å². The van der Waals surface area contributed by atoms with Crippen LogP contribution >= 0.6 is 19.8 Å². The predicted molar refractivity (Wildman–Crippen MR) is 136 cm³/mol. The molecule has 0 saturated carbocycles. The molecule has 0 amide bonds. The van der Waals surface area contributed by atoms with Crippen LogP contribution in [0.5, 0.6) is 0 Å². The first-order valence-electron chi connectivity index (χ1n) is 10.9. The van der Waals surface area contributed by atoms with Gasteiger partial charge in [0.2, 0.25) is 0 Å². The molecule has 0 aliphatic rings. The van der Waals surface area contributed by atoms with Crippen LogP contribution in [0.3, 0.4) is 0 Å². The third kappa shape index (κ3) is 6.39. The lowest BCUT2D eigenvalue weighted by molar-refractivity contribution is -0.124. The molecule has 3 aromatic carbocycles. The van der Waals surface area contributed by atoms with Crippen molar-refractivity contribution in [2.24, 2.45) is 5.41 Å². The molecule has 172 valence electrons. The Labute approximate surface area is 201 Å². The van der Waals surface area contributed by atoms with Crippen molar-refractivity contribution >= 4 is 24.9 Å². The third-order valence-electron chi connectivity index (χ3n) is 5.33. The summed E-state index contributed by atoms with van der Waals surface area (Å²) in [6, 6.07) is 30.4. The minimum Gasteiger partial charge on any atom is -0.360 e. The topological polar surface area (TPSA) is 52.6 Å². The second-order valence-corrected chi connectivity index (χ2v) is 10.6. The van der Waals surface area contributed by atoms with Gasteiger partial charge < -0.3 is 4.74 Å². The van der Waals surface area contributed by atoms with E-state index in [1.54, 1.807) is 0 Å². The summed E-state index contributed by atoms with van der Waals surface area (Å²) in [7, 11) is -1.66. The highest BCUT2D eigenvalue weighted by Crippen LogP contribution is 2.42. The molecule has 3 rings (SSSR count). The van der Waals surface area contributed by atoms with Gasteiger partial charge >= 0.3 is 8.03 Å². The van der Waals surface area contributed by atoms with E-state index >= 15 is 0 Å². The van der Waals surface area contributed by atoms with Gasteiger partial charge in [0.15, 0.2) is 11.8 Å². The van der Waals surface area contributed by atoms with Crippen molar-refractivity contribution in [1.29, 1.82) is 0 Å². The minimum absolute atomic E-state index is 0.0144. The maximum absolute atomic E-state index is 13.0. The Kier molecular flexibility index (Phi) is 8.99. The zero-order valence-electron chi connectivity index (χ0n) is 19.3. The van der Waals surface area contributed by atoms with E-state index in [9.17, 15) is 9.36 Å². The fourth-order valence-electron chi connectivity index (χ4n) is 3.61. The average molecular weight is 482 g/mol. The molecule has 0 heterocycles. The summed E-state index contributed by atoms with van der Waals surface area (Å²) in [6.07, 6.45) is 0. The Morgan fingerprint density at radius 3 is 1.64 bits per heavy atom. The van der Waals surface area contributed by atoms with E-state index in [1.807, 2.05) is 68.4 Å². The van der Waals surface area contributed by atoms with Gasteiger partial charge in [0.1, 0.15) is 12.2 Å². The molecular formula is C27H30O4PS+. The predicted octanol–water partition coefficient (Wildman–Crippen LogP) is 6.67. The lowest BCUT2D eigenvalue weighted by Gasteiger charge is -2.38. The first-order chi connectivity index (χ1) is 15.9. The van der Waals surface area contributed by atoms with E-state index < -0.39 is 19.0 Å². The zero-order chi connectivity index (χ0) is 23.7. The zero-order valence-corrected chi connectivity index (χ0v) is 21.0. The molecule has 1 atom stereocenters. The number of carbonyl (C=O) groups excluding carboxylic acids is 1. The van der Waals surface area contributed by atoms with Crippen molar-refractivity contribution in [3.63, 3.8) is 0 Å². The van der Waals surface area contributed by atoms with Gasteiger partial charge in [-0.05, 0) is 35.1 Å². The fraction of sp³-hybridized carbons (Fsp3) is 0.296.